The van der Waals surface area contributed by atoms with Crippen LogP contribution in [0.15, 0.2) is 29.3 Å². The van der Waals surface area contributed by atoms with E-state index in [0.29, 0.717) is 11.0 Å². The topological polar surface area (TPSA) is 24.4 Å². The number of thioether (sulfide) groups is 1. The number of nitrogens with zero attached hydrogens (tertiary/aromatic N) is 1. The second-order valence-electron chi connectivity index (χ2n) is 5.50. The zero-order chi connectivity index (χ0) is 14.6. The maximum Gasteiger partial charge on any atom is 0.157 e. The van der Waals surface area contributed by atoms with Crippen LogP contribution in [0.4, 0.5) is 4.39 Å². The third-order valence-electron chi connectivity index (χ3n) is 4.28. The fraction of sp³-hybridized carbons (Fsp3) is 0.562. The lowest BCUT2D eigenvalue weighted by molar-refractivity contribution is 0.318. The zero-order valence-electron chi connectivity index (χ0n) is 12.4. The van der Waals surface area contributed by atoms with Crippen LogP contribution in [-0.2, 0) is 0 Å². The normalized spacial score (nSPS) is 19.3. The maximum absolute atomic E-state index is 13.7. The van der Waals surface area contributed by atoms with Crippen molar-refractivity contribution in [1.82, 2.24) is 5.32 Å². The summed E-state index contributed by atoms with van der Waals surface area (Å²) in [6.45, 7) is 7.32. The number of benzene rings is 1. The first-order valence-corrected chi connectivity index (χ1v) is 8.27. The van der Waals surface area contributed by atoms with Gasteiger partial charge in [0.1, 0.15) is 5.82 Å². The summed E-state index contributed by atoms with van der Waals surface area (Å²) < 4.78 is 13.7. The molecule has 0 amide bonds. The molecule has 1 unspecified atom stereocenters. The second-order valence-corrected chi connectivity index (χ2v) is 6.47. The second kappa shape index (κ2) is 6.61. The number of halogens is 1. The molecule has 1 atom stereocenters. The standard InChI is InChI=1S/C16H23FN2S/c1-4-16(5-2)10-18-15(20-11-16)19-12(3)13-8-6-7-9-14(13)17/h6-9,12H,4-5,10-11H2,1-3H3,(H,18,19). The van der Waals surface area contributed by atoms with Gasteiger partial charge < -0.3 is 5.32 Å². The van der Waals surface area contributed by atoms with Crippen LogP contribution in [0.3, 0.4) is 0 Å². The predicted octanol–water partition coefficient (Wildman–Crippen LogP) is 4.39. The highest BCUT2D eigenvalue weighted by Gasteiger charge is 2.30. The summed E-state index contributed by atoms with van der Waals surface area (Å²) in [6.07, 6.45) is 2.33. The third kappa shape index (κ3) is 3.35. The van der Waals surface area contributed by atoms with Gasteiger partial charge in [0, 0.05) is 17.9 Å². The number of rotatable bonds is 4. The van der Waals surface area contributed by atoms with E-state index < -0.39 is 0 Å². The lowest BCUT2D eigenvalue weighted by Crippen LogP contribution is -2.35. The van der Waals surface area contributed by atoms with Gasteiger partial charge in [0.15, 0.2) is 5.17 Å². The van der Waals surface area contributed by atoms with Crippen molar-refractivity contribution in [2.45, 2.75) is 39.7 Å². The fourth-order valence-corrected chi connectivity index (χ4v) is 3.76. The minimum absolute atomic E-state index is 0.0572. The molecule has 2 nitrogen and oxygen atoms in total. The van der Waals surface area contributed by atoms with Gasteiger partial charge in [-0.25, -0.2) is 4.39 Å². The summed E-state index contributed by atoms with van der Waals surface area (Å²) in [5, 5.41) is 4.28. The van der Waals surface area contributed by atoms with Crippen molar-refractivity contribution >= 4 is 16.9 Å². The van der Waals surface area contributed by atoms with Gasteiger partial charge in [0.25, 0.3) is 0 Å². The van der Waals surface area contributed by atoms with Gasteiger partial charge in [-0.2, -0.15) is 0 Å². The van der Waals surface area contributed by atoms with E-state index in [1.807, 2.05) is 19.1 Å². The predicted molar refractivity (Wildman–Crippen MR) is 85.7 cm³/mol. The van der Waals surface area contributed by atoms with E-state index in [2.05, 4.69) is 24.2 Å². The zero-order valence-corrected chi connectivity index (χ0v) is 13.3. The summed E-state index contributed by atoms with van der Waals surface area (Å²) in [5.41, 5.74) is 1.04. The van der Waals surface area contributed by atoms with E-state index in [0.717, 1.165) is 30.3 Å². The van der Waals surface area contributed by atoms with Gasteiger partial charge in [0.05, 0.1) is 6.04 Å². The maximum atomic E-state index is 13.7. The van der Waals surface area contributed by atoms with Crippen LogP contribution in [0.25, 0.3) is 0 Å². The lowest BCUT2D eigenvalue weighted by atomic mass is 9.84. The minimum atomic E-state index is -0.162. The van der Waals surface area contributed by atoms with Crippen LogP contribution in [0, 0.1) is 11.2 Å². The molecule has 4 heteroatoms. The van der Waals surface area contributed by atoms with Crippen molar-refractivity contribution < 1.29 is 4.39 Å². The van der Waals surface area contributed by atoms with Crippen molar-refractivity contribution in [1.29, 1.82) is 0 Å². The van der Waals surface area contributed by atoms with Crippen LogP contribution in [0.2, 0.25) is 0 Å². The molecule has 110 valence electrons. The van der Waals surface area contributed by atoms with Gasteiger partial charge in [-0.1, -0.05) is 43.8 Å². The summed E-state index contributed by atoms with van der Waals surface area (Å²) in [4.78, 5) is 4.67. The Morgan fingerprint density at radius 3 is 2.60 bits per heavy atom. The molecule has 20 heavy (non-hydrogen) atoms. The number of aliphatic imine (C=N–C) groups is 1. The Balaban J connectivity index is 2.02. The molecule has 0 spiro atoms. The largest absolute Gasteiger partial charge is 0.358 e. The molecular weight excluding hydrogens is 271 g/mol. The average molecular weight is 294 g/mol. The molecular formula is C16H23FN2S. The highest BCUT2D eigenvalue weighted by Crippen LogP contribution is 2.35. The van der Waals surface area contributed by atoms with Crippen molar-refractivity contribution in [2.75, 3.05) is 12.3 Å². The van der Waals surface area contributed by atoms with Gasteiger partial charge in [-0.15, -0.1) is 0 Å². The number of hydrogen-bond donors (Lipinski definition) is 1. The molecule has 1 aliphatic rings. The summed E-state index contributed by atoms with van der Waals surface area (Å²) in [7, 11) is 0. The van der Waals surface area contributed by atoms with Crippen LogP contribution < -0.4 is 5.32 Å². The van der Waals surface area contributed by atoms with E-state index >= 15 is 0 Å². The minimum Gasteiger partial charge on any atom is -0.358 e. The SMILES string of the molecule is CCC1(CC)CN=C(NC(C)c2ccccc2F)SC1. The molecule has 0 saturated heterocycles. The molecule has 1 N–H and O–H groups in total. The van der Waals surface area contributed by atoms with Gasteiger partial charge in [-0.3, -0.25) is 4.99 Å². The highest BCUT2D eigenvalue weighted by molar-refractivity contribution is 8.13. The molecule has 0 radical (unpaired) electrons. The third-order valence-corrected chi connectivity index (χ3v) is 5.56. The smallest absolute Gasteiger partial charge is 0.157 e. The molecule has 1 heterocycles. The van der Waals surface area contributed by atoms with E-state index in [4.69, 9.17) is 0 Å². The summed E-state index contributed by atoms with van der Waals surface area (Å²) in [5.74, 6) is 0.931. The van der Waals surface area contributed by atoms with Crippen LogP contribution in [-0.4, -0.2) is 17.5 Å². The summed E-state index contributed by atoms with van der Waals surface area (Å²) >= 11 is 1.76. The Morgan fingerprint density at radius 1 is 1.35 bits per heavy atom. The molecule has 0 fully saturated rings. The molecule has 0 aromatic heterocycles. The first-order chi connectivity index (χ1) is 9.60. The van der Waals surface area contributed by atoms with Crippen LogP contribution >= 0.6 is 11.8 Å². The van der Waals surface area contributed by atoms with Crippen molar-refractivity contribution in [2.24, 2.45) is 10.4 Å². The average Bonchev–Trinajstić information content (AvgIpc) is 2.49. The molecule has 1 aromatic carbocycles. The Labute approximate surface area is 125 Å². The van der Waals surface area contributed by atoms with E-state index in [9.17, 15) is 4.39 Å². The monoisotopic (exact) mass is 294 g/mol. The van der Waals surface area contributed by atoms with Crippen LogP contribution in [0.1, 0.15) is 45.2 Å². The molecule has 0 aliphatic carbocycles. The van der Waals surface area contributed by atoms with Gasteiger partial charge in [-0.05, 0) is 31.2 Å². The van der Waals surface area contributed by atoms with Gasteiger partial charge >= 0.3 is 0 Å². The first-order valence-electron chi connectivity index (χ1n) is 7.28. The molecule has 0 saturated carbocycles. The van der Waals surface area contributed by atoms with Crippen LogP contribution in [0.5, 0.6) is 0 Å². The van der Waals surface area contributed by atoms with Crippen molar-refractivity contribution in [3.05, 3.63) is 35.6 Å². The van der Waals surface area contributed by atoms with E-state index in [1.165, 1.54) is 6.07 Å². The number of hydrogen-bond acceptors (Lipinski definition) is 3. The Hall–Kier alpha value is -1.03. The number of nitrogens with one attached hydrogen (secondary N) is 1. The number of amidine groups is 1. The summed E-state index contributed by atoms with van der Waals surface area (Å²) in [6, 6.07) is 6.85. The Bertz CT molecular complexity index is 483. The molecule has 1 aliphatic heterocycles. The Kier molecular flexibility index (Phi) is 5.08. The molecule has 1 aromatic rings. The van der Waals surface area contributed by atoms with Gasteiger partial charge in [0.2, 0.25) is 0 Å². The molecule has 0 bridgehead atoms. The van der Waals surface area contributed by atoms with E-state index in [-0.39, 0.29) is 11.9 Å². The Morgan fingerprint density at radius 2 is 2.05 bits per heavy atom. The van der Waals surface area contributed by atoms with Crippen molar-refractivity contribution in [3.8, 4) is 0 Å². The van der Waals surface area contributed by atoms with E-state index in [1.54, 1.807) is 17.8 Å². The van der Waals surface area contributed by atoms with Crippen molar-refractivity contribution in [3.63, 3.8) is 0 Å². The quantitative estimate of drug-likeness (QED) is 0.891. The highest BCUT2D eigenvalue weighted by atomic mass is 32.2. The molecule has 2 rings (SSSR count). The lowest BCUT2D eigenvalue weighted by Gasteiger charge is -2.34. The fourth-order valence-electron chi connectivity index (χ4n) is 2.41. The first kappa shape index (κ1) is 15.4.